The minimum absolute atomic E-state index is 0. The molecule has 0 aromatic heterocycles. The molecule has 0 saturated heterocycles. The van der Waals surface area contributed by atoms with Gasteiger partial charge >= 0.3 is 5.97 Å². The third-order valence-corrected chi connectivity index (χ3v) is 1.49. The number of hydrogen-bond acceptors (Lipinski definition) is 1. The van der Waals surface area contributed by atoms with Crippen molar-refractivity contribution in [1.82, 2.24) is 0 Å². The zero-order valence-corrected chi connectivity index (χ0v) is 9.28. The molecule has 79 valence electrons. The van der Waals surface area contributed by atoms with E-state index in [4.69, 9.17) is 5.11 Å². The van der Waals surface area contributed by atoms with Gasteiger partial charge in [0.2, 0.25) is 0 Å². The van der Waals surface area contributed by atoms with Crippen molar-refractivity contribution in [3.63, 3.8) is 0 Å². The maximum Gasteiger partial charge on any atom is 0.303 e. The largest absolute Gasteiger partial charge is 0.481 e. The fraction of sp³-hybridized carbons (Fsp3) is 0.875. The Bertz CT molecular complexity index is 99.1. The average Bonchev–Trinajstić information content (AvgIpc) is 1.87. The maximum absolute atomic E-state index is 10.0. The second kappa shape index (κ2) is 14.0. The molecule has 0 aromatic carbocycles. The molecule has 0 heterocycles. The van der Waals surface area contributed by atoms with Crippen LogP contribution in [0.25, 0.3) is 0 Å². The zero-order valence-electron chi connectivity index (χ0n) is 7.25. The van der Waals surface area contributed by atoms with E-state index in [0.29, 0.717) is 6.42 Å². The summed E-state index contributed by atoms with van der Waals surface area (Å²) in [6.45, 7) is 2.15. The Labute approximate surface area is 94.6 Å². The summed E-state index contributed by atoms with van der Waals surface area (Å²) >= 11 is 0. The van der Waals surface area contributed by atoms with E-state index in [0.717, 1.165) is 12.8 Å². The Balaban J connectivity index is -0.000000405. The van der Waals surface area contributed by atoms with Crippen LogP contribution in [0.15, 0.2) is 0 Å². The summed E-state index contributed by atoms with van der Waals surface area (Å²) in [5.41, 5.74) is 0. The van der Waals surface area contributed by atoms with E-state index < -0.39 is 5.97 Å². The first-order valence-electron chi connectivity index (χ1n) is 3.99. The Morgan fingerprint density at radius 3 is 2.08 bits per heavy atom. The van der Waals surface area contributed by atoms with Gasteiger partial charge in [0.15, 0.2) is 0 Å². The number of unbranched alkanes of at least 4 members (excludes halogenated alkanes) is 4. The van der Waals surface area contributed by atoms with E-state index in [1.165, 1.54) is 19.3 Å². The van der Waals surface area contributed by atoms with Crippen LogP contribution in [-0.2, 0) is 38.1 Å². The molecule has 0 rings (SSSR count). The summed E-state index contributed by atoms with van der Waals surface area (Å²) in [7, 11) is 0. The van der Waals surface area contributed by atoms with Crippen molar-refractivity contribution < 1.29 is 43.2 Å². The molecule has 2 nitrogen and oxygen atoms in total. The van der Waals surface area contributed by atoms with Crippen LogP contribution in [-0.4, -0.2) is 11.1 Å². The van der Waals surface area contributed by atoms with Crippen LogP contribution in [0.4, 0.5) is 0 Å². The topological polar surface area (TPSA) is 37.3 Å². The van der Waals surface area contributed by atoms with Gasteiger partial charge in [0.1, 0.15) is 0 Å². The molecular weight excluding hydrogens is 246 g/mol. The van der Waals surface area contributed by atoms with E-state index in [2.05, 4.69) is 6.92 Å². The molecule has 0 aliphatic rings. The molecule has 1 radical (unpaired) electrons. The molecule has 0 fully saturated rings. The van der Waals surface area contributed by atoms with Crippen LogP contribution < -0.4 is 0 Å². The Morgan fingerprint density at radius 2 is 1.67 bits per heavy atom. The van der Waals surface area contributed by atoms with E-state index >= 15 is 0 Å². The van der Waals surface area contributed by atoms with Crippen molar-refractivity contribution in [3.05, 3.63) is 0 Å². The van der Waals surface area contributed by atoms with E-state index in [1.807, 2.05) is 0 Å². The Hall–Kier alpha value is 0.470. The number of hydrogen-bond donors (Lipinski definition) is 1. The molecule has 0 bridgehead atoms. The van der Waals surface area contributed by atoms with E-state index in [9.17, 15) is 4.79 Å². The average molecular weight is 262 g/mol. The molecule has 0 aromatic rings. The first kappa shape index (κ1) is 18.3. The summed E-state index contributed by atoms with van der Waals surface area (Å²) in [6, 6.07) is 0. The van der Waals surface area contributed by atoms with Crippen molar-refractivity contribution in [3.8, 4) is 0 Å². The second-order valence-corrected chi connectivity index (χ2v) is 2.56. The molecule has 0 saturated carbocycles. The Kier molecular flexibility index (Phi) is 21.4. The van der Waals surface area contributed by atoms with Gasteiger partial charge in [-0.25, -0.2) is 0 Å². The normalized spacial score (nSPS) is 8.08. The number of carboxylic acids is 1. The van der Waals surface area contributed by atoms with E-state index in [-0.39, 0.29) is 33.3 Å². The first-order chi connectivity index (χ1) is 4.77. The van der Waals surface area contributed by atoms with Gasteiger partial charge < -0.3 is 5.11 Å². The third-order valence-electron chi connectivity index (χ3n) is 1.49. The van der Waals surface area contributed by atoms with Crippen molar-refractivity contribution >= 4 is 5.97 Å². The molecule has 0 aliphatic heterocycles. The zero-order chi connectivity index (χ0) is 7.82. The quantitative estimate of drug-likeness (QED) is 0.589. The molecule has 0 aliphatic carbocycles. The Morgan fingerprint density at radius 1 is 1.17 bits per heavy atom. The van der Waals surface area contributed by atoms with Crippen LogP contribution >= 0.6 is 0 Å². The summed E-state index contributed by atoms with van der Waals surface area (Å²) in [5, 5.41) is 8.27. The van der Waals surface area contributed by atoms with Crippen LogP contribution in [0.2, 0.25) is 0 Å². The van der Waals surface area contributed by atoms with Crippen LogP contribution in [0.3, 0.4) is 0 Å². The SMILES string of the molecule is CCCCCCCC(=O)O.[Co].[Ni]. The number of aliphatic carboxylic acids is 1. The summed E-state index contributed by atoms with van der Waals surface area (Å²) < 4.78 is 0. The number of carboxylic acid groups (broad SMARTS) is 1. The molecule has 0 atom stereocenters. The molecule has 1 N–H and O–H groups in total. The van der Waals surface area contributed by atoms with Gasteiger partial charge in [-0.1, -0.05) is 32.6 Å². The van der Waals surface area contributed by atoms with Gasteiger partial charge in [0, 0.05) is 39.7 Å². The van der Waals surface area contributed by atoms with Gasteiger partial charge in [-0.05, 0) is 6.42 Å². The standard InChI is InChI=1S/C8H16O2.Co.Ni/c1-2-3-4-5-6-7-8(9)10;;/h2-7H2,1H3,(H,9,10);;. The third kappa shape index (κ3) is 16.8. The molecule has 0 amide bonds. The molecule has 0 unspecified atom stereocenters. The van der Waals surface area contributed by atoms with Crippen molar-refractivity contribution in [2.45, 2.75) is 45.4 Å². The van der Waals surface area contributed by atoms with Crippen molar-refractivity contribution in [2.75, 3.05) is 0 Å². The molecule has 0 spiro atoms. The predicted molar refractivity (Wildman–Crippen MR) is 41.0 cm³/mol. The monoisotopic (exact) mass is 261 g/mol. The first-order valence-corrected chi connectivity index (χ1v) is 3.99. The molecule has 12 heavy (non-hydrogen) atoms. The summed E-state index contributed by atoms with van der Waals surface area (Å²) in [5.74, 6) is -0.670. The second-order valence-electron chi connectivity index (χ2n) is 2.56. The van der Waals surface area contributed by atoms with Crippen molar-refractivity contribution in [1.29, 1.82) is 0 Å². The summed E-state index contributed by atoms with van der Waals surface area (Å²) in [4.78, 5) is 10.0. The minimum Gasteiger partial charge on any atom is -0.481 e. The summed E-state index contributed by atoms with van der Waals surface area (Å²) in [6.07, 6.45) is 5.88. The van der Waals surface area contributed by atoms with Crippen molar-refractivity contribution in [2.24, 2.45) is 0 Å². The smallest absolute Gasteiger partial charge is 0.303 e. The van der Waals surface area contributed by atoms with Gasteiger partial charge in [-0.15, -0.1) is 0 Å². The molecular formula is C8H16CoNiO2. The van der Waals surface area contributed by atoms with Gasteiger partial charge in [0.05, 0.1) is 0 Å². The van der Waals surface area contributed by atoms with Gasteiger partial charge in [0.25, 0.3) is 0 Å². The molecule has 4 heteroatoms. The minimum atomic E-state index is -0.670. The van der Waals surface area contributed by atoms with Gasteiger partial charge in [-0.2, -0.15) is 0 Å². The number of rotatable bonds is 6. The predicted octanol–water partition coefficient (Wildman–Crippen LogP) is 2.43. The number of carbonyl (C=O) groups is 1. The fourth-order valence-electron chi connectivity index (χ4n) is 0.880. The van der Waals surface area contributed by atoms with Crippen LogP contribution in [0.5, 0.6) is 0 Å². The fourth-order valence-corrected chi connectivity index (χ4v) is 0.880. The van der Waals surface area contributed by atoms with Crippen LogP contribution in [0, 0.1) is 0 Å². The van der Waals surface area contributed by atoms with Crippen LogP contribution in [0.1, 0.15) is 45.4 Å². The van der Waals surface area contributed by atoms with Gasteiger partial charge in [-0.3, -0.25) is 4.79 Å². The van der Waals surface area contributed by atoms with E-state index in [1.54, 1.807) is 0 Å². The maximum atomic E-state index is 10.0.